The van der Waals surface area contributed by atoms with Gasteiger partial charge in [0.25, 0.3) is 0 Å². The molecular weight excluding hydrogens is 316 g/mol. The largest absolute Gasteiger partial charge is 0.338 e. The second-order valence-electron chi connectivity index (χ2n) is 5.59. The first kappa shape index (κ1) is 15.8. The first-order valence-corrected chi connectivity index (χ1v) is 8.41. The predicted octanol–water partition coefficient (Wildman–Crippen LogP) is -0.315. The number of piperazine rings is 2. The number of pyridine rings is 1. The summed E-state index contributed by atoms with van der Waals surface area (Å²) in [7, 11) is 1.62. The third kappa shape index (κ3) is 3.31. The highest BCUT2D eigenvalue weighted by molar-refractivity contribution is 7.99. The van der Waals surface area contributed by atoms with Gasteiger partial charge in [0.15, 0.2) is 0 Å². The topological polar surface area (TPSA) is 73.8 Å². The molecule has 0 N–H and O–H groups in total. The Hall–Kier alpha value is -2.09. The molecule has 3 heterocycles. The first-order chi connectivity index (χ1) is 11.1. The van der Waals surface area contributed by atoms with Crippen LogP contribution in [0.3, 0.4) is 0 Å². The Morgan fingerprint density at radius 1 is 1.35 bits per heavy atom. The van der Waals surface area contributed by atoms with Gasteiger partial charge in [0, 0.05) is 26.3 Å². The number of hydrogen-bond acceptors (Lipinski definition) is 5. The number of carbonyl (C=O) groups excluding carboxylic acids is 3. The summed E-state index contributed by atoms with van der Waals surface area (Å²) in [6.07, 6.45) is 1.69. The lowest BCUT2D eigenvalue weighted by Gasteiger charge is -2.45. The van der Waals surface area contributed by atoms with Gasteiger partial charge < -0.3 is 14.7 Å². The molecular formula is C15H18N4O3S. The molecule has 2 aliphatic heterocycles. The highest BCUT2D eigenvalue weighted by Gasteiger charge is 2.42. The summed E-state index contributed by atoms with van der Waals surface area (Å²) < 4.78 is 0. The molecule has 2 fully saturated rings. The Labute approximate surface area is 138 Å². The van der Waals surface area contributed by atoms with E-state index in [2.05, 4.69) is 4.98 Å². The minimum atomic E-state index is -0.543. The van der Waals surface area contributed by atoms with Crippen molar-refractivity contribution in [2.75, 3.05) is 39.0 Å². The number of thioether (sulfide) groups is 1. The number of amides is 3. The molecule has 2 aliphatic rings. The summed E-state index contributed by atoms with van der Waals surface area (Å²) in [5.41, 5.74) is 0. The monoisotopic (exact) mass is 334 g/mol. The van der Waals surface area contributed by atoms with Gasteiger partial charge in [-0.1, -0.05) is 17.8 Å². The molecule has 2 saturated heterocycles. The van der Waals surface area contributed by atoms with Crippen LogP contribution >= 0.6 is 11.8 Å². The summed E-state index contributed by atoms with van der Waals surface area (Å²) in [4.78, 5) is 45.4. The third-order valence-electron chi connectivity index (χ3n) is 4.07. The van der Waals surface area contributed by atoms with Crippen LogP contribution in [0.1, 0.15) is 0 Å². The highest BCUT2D eigenvalue weighted by Crippen LogP contribution is 2.19. The van der Waals surface area contributed by atoms with Crippen molar-refractivity contribution in [3.63, 3.8) is 0 Å². The Kier molecular flexibility index (Phi) is 4.51. The Morgan fingerprint density at radius 3 is 2.91 bits per heavy atom. The van der Waals surface area contributed by atoms with Crippen LogP contribution in [0, 0.1) is 0 Å². The highest BCUT2D eigenvalue weighted by atomic mass is 32.2. The standard InChI is InChI=1S/C15H18N4O3S/c1-17-9-13(20)19-7-6-18(8-11(19)15(17)22)14(21)10-23-12-4-2-3-5-16-12/h2-5,11H,6-10H2,1H3/t11-/m0/s1. The van der Waals surface area contributed by atoms with Crippen LogP contribution in [0.4, 0.5) is 0 Å². The van der Waals surface area contributed by atoms with Crippen molar-refractivity contribution in [1.29, 1.82) is 0 Å². The molecule has 1 atom stereocenters. The molecule has 0 saturated carbocycles. The molecule has 0 aromatic carbocycles. The lowest BCUT2D eigenvalue weighted by atomic mass is 10.1. The van der Waals surface area contributed by atoms with Gasteiger partial charge in [0.2, 0.25) is 17.7 Å². The van der Waals surface area contributed by atoms with E-state index >= 15 is 0 Å². The van der Waals surface area contributed by atoms with Crippen LogP contribution < -0.4 is 0 Å². The minimum absolute atomic E-state index is 0.0335. The summed E-state index contributed by atoms with van der Waals surface area (Å²) in [6.45, 7) is 1.29. The van der Waals surface area contributed by atoms with Crippen molar-refractivity contribution >= 4 is 29.5 Å². The van der Waals surface area contributed by atoms with Gasteiger partial charge in [0.05, 0.1) is 23.9 Å². The zero-order valence-corrected chi connectivity index (χ0v) is 13.7. The number of aromatic nitrogens is 1. The molecule has 3 amide bonds. The molecule has 122 valence electrons. The minimum Gasteiger partial charge on any atom is -0.338 e. The zero-order chi connectivity index (χ0) is 16.4. The maximum Gasteiger partial charge on any atom is 0.247 e. The van der Waals surface area contributed by atoms with Crippen molar-refractivity contribution in [2.45, 2.75) is 11.1 Å². The fourth-order valence-corrected chi connectivity index (χ4v) is 3.57. The molecule has 7 nitrogen and oxygen atoms in total. The molecule has 0 spiro atoms. The van der Waals surface area contributed by atoms with E-state index < -0.39 is 6.04 Å². The van der Waals surface area contributed by atoms with E-state index in [0.29, 0.717) is 13.1 Å². The molecule has 0 bridgehead atoms. The molecule has 0 radical (unpaired) electrons. The number of rotatable bonds is 3. The molecule has 8 heteroatoms. The number of hydrogen-bond donors (Lipinski definition) is 0. The Morgan fingerprint density at radius 2 is 2.17 bits per heavy atom. The number of nitrogens with zero attached hydrogens (tertiary/aromatic N) is 4. The SMILES string of the molecule is CN1CC(=O)N2CCN(C(=O)CSc3ccccn3)C[C@H]2C1=O. The van der Waals surface area contributed by atoms with Crippen LogP contribution in [0.5, 0.6) is 0 Å². The van der Waals surface area contributed by atoms with Crippen molar-refractivity contribution < 1.29 is 14.4 Å². The quantitative estimate of drug-likeness (QED) is 0.709. The van der Waals surface area contributed by atoms with E-state index in [1.54, 1.807) is 23.0 Å². The van der Waals surface area contributed by atoms with Gasteiger partial charge >= 0.3 is 0 Å². The van der Waals surface area contributed by atoms with E-state index in [1.807, 2.05) is 18.2 Å². The lowest BCUT2D eigenvalue weighted by molar-refractivity contribution is -0.160. The first-order valence-electron chi connectivity index (χ1n) is 7.42. The molecule has 0 aliphatic carbocycles. The zero-order valence-electron chi connectivity index (χ0n) is 12.8. The normalized spacial score (nSPS) is 21.4. The Balaban J connectivity index is 1.60. The van der Waals surface area contributed by atoms with Crippen LogP contribution in [0.2, 0.25) is 0 Å². The average Bonchev–Trinajstić information content (AvgIpc) is 2.58. The van der Waals surface area contributed by atoms with Crippen LogP contribution in [-0.2, 0) is 14.4 Å². The van der Waals surface area contributed by atoms with Crippen LogP contribution in [-0.4, -0.2) is 82.4 Å². The van der Waals surface area contributed by atoms with E-state index in [9.17, 15) is 14.4 Å². The molecule has 1 aromatic heterocycles. The van der Waals surface area contributed by atoms with Gasteiger partial charge in [-0.15, -0.1) is 0 Å². The predicted molar refractivity (Wildman–Crippen MR) is 84.7 cm³/mol. The van der Waals surface area contributed by atoms with E-state index in [1.165, 1.54) is 16.7 Å². The van der Waals surface area contributed by atoms with E-state index in [-0.39, 0.29) is 36.6 Å². The van der Waals surface area contributed by atoms with Crippen molar-refractivity contribution in [3.05, 3.63) is 24.4 Å². The fraction of sp³-hybridized carbons (Fsp3) is 0.467. The Bertz CT molecular complexity index is 624. The summed E-state index contributed by atoms with van der Waals surface area (Å²) in [5, 5.41) is 0.795. The van der Waals surface area contributed by atoms with Crippen LogP contribution in [0.15, 0.2) is 29.4 Å². The van der Waals surface area contributed by atoms with Crippen molar-refractivity contribution in [3.8, 4) is 0 Å². The van der Waals surface area contributed by atoms with Gasteiger partial charge in [-0.25, -0.2) is 4.98 Å². The fourth-order valence-electron chi connectivity index (χ4n) is 2.80. The van der Waals surface area contributed by atoms with Crippen LogP contribution in [0.25, 0.3) is 0 Å². The summed E-state index contributed by atoms with van der Waals surface area (Å²) >= 11 is 1.38. The van der Waals surface area contributed by atoms with Gasteiger partial charge in [-0.2, -0.15) is 0 Å². The van der Waals surface area contributed by atoms with Gasteiger partial charge in [-0.3, -0.25) is 14.4 Å². The number of likely N-dealkylation sites (N-methyl/N-ethyl adjacent to an activating group) is 1. The van der Waals surface area contributed by atoms with E-state index in [0.717, 1.165) is 5.03 Å². The summed E-state index contributed by atoms with van der Waals surface area (Å²) in [6, 6.07) is 5.01. The van der Waals surface area contributed by atoms with E-state index in [4.69, 9.17) is 0 Å². The number of fused-ring (bicyclic) bond motifs is 1. The van der Waals surface area contributed by atoms with Gasteiger partial charge in [-0.05, 0) is 12.1 Å². The lowest BCUT2D eigenvalue weighted by Crippen LogP contribution is -2.66. The second-order valence-corrected chi connectivity index (χ2v) is 6.59. The maximum absolute atomic E-state index is 12.4. The molecule has 3 rings (SSSR count). The van der Waals surface area contributed by atoms with Crippen molar-refractivity contribution in [1.82, 2.24) is 19.7 Å². The summed E-state index contributed by atoms with van der Waals surface area (Å²) in [5.74, 6) is 0.0992. The number of carbonyl (C=O) groups is 3. The average molecular weight is 334 g/mol. The smallest absolute Gasteiger partial charge is 0.247 e. The third-order valence-corrected chi connectivity index (χ3v) is 5.00. The molecule has 0 unspecified atom stereocenters. The second kappa shape index (κ2) is 6.57. The van der Waals surface area contributed by atoms with Crippen molar-refractivity contribution in [2.24, 2.45) is 0 Å². The van der Waals surface area contributed by atoms with Gasteiger partial charge in [0.1, 0.15) is 6.04 Å². The maximum atomic E-state index is 12.4. The molecule has 23 heavy (non-hydrogen) atoms. The molecule has 1 aromatic rings.